The molecule has 1 heterocycles. The molecule has 0 saturated carbocycles. The van der Waals surface area contributed by atoms with E-state index in [0.29, 0.717) is 10.7 Å². The molecule has 2 rings (SSSR count). The number of nitrogens with zero attached hydrogens (tertiary/aromatic N) is 2. The van der Waals surface area contributed by atoms with Crippen molar-refractivity contribution in [1.29, 1.82) is 0 Å². The quantitative estimate of drug-likeness (QED) is 0.445. The van der Waals surface area contributed by atoms with Gasteiger partial charge in [0.05, 0.1) is 24.5 Å². The van der Waals surface area contributed by atoms with E-state index in [-0.39, 0.29) is 35.3 Å². The van der Waals surface area contributed by atoms with Crippen molar-refractivity contribution in [2.45, 2.75) is 6.92 Å². The van der Waals surface area contributed by atoms with Crippen LogP contribution in [0.15, 0.2) is 29.1 Å². The minimum Gasteiger partial charge on any atom is -0.543 e. The third-order valence-corrected chi connectivity index (χ3v) is 3.23. The van der Waals surface area contributed by atoms with Crippen molar-refractivity contribution >= 4 is 23.5 Å². The molecular weight excluding hydrogens is 335 g/mol. The monoisotopic (exact) mass is 344 g/mol. The number of methoxy groups -OCH3 is 1. The SMILES string of the molecule is COC(=O)c1c(C)n(-c2ccc(Cl)cc2)nc(C(=O)[O-])c1=O.[Na+]. The molecule has 2 aromatic rings. The maximum Gasteiger partial charge on any atom is 1.00 e. The summed E-state index contributed by atoms with van der Waals surface area (Å²) in [7, 11) is 1.09. The Kier molecular flexibility index (Phi) is 6.52. The Bertz CT molecular complexity index is 817. The Balaban J connectivity index is 0.00000264. The minimum atomic E-state index is -1.78. The van der Waals surface area contributed by atoms with Crippen LogP contribution >= 0.6 is 11.6 Å². The number of carbonyl (C=O) groups excluding carboxylic acids is 2. The predicted octanol–water partition coefficient (Wildman–Crippen LogP) is -2.65. The zero-order chi connectivity index (χ0) is 16.4. The number of carboxylic acid groups (broad SMARTS) is 1. The van der Waals surface area contributed by atoms with E-state index in [4.69, 9.17) is 11.6 Å². The number of rotatable bonds is 3. The molecule has 0 saturated heterocycles. The maximum absolute atomic E-state index is 12.1. The van der Waals surface area contributed by atoms with Crippen LogP contribution in [0.5, 0.6) is 0 Å². The summed E-state index contributed by atoms with van der Waals surface area (Å²) in [6.07, 6.45) is 0. The van der Waals surface area contributed by atoms with E-state index in [9.17, 15) is 19.5 Å². The van der Waals surface area contributed by atoms with E-state index in [2.05, 4.69) is 9.84 Å². The number of carbonyl (C=O) groups is 2. The molecule has 0 aliphatic rings. The first-order chi connectivity index (χ1) is 10.4. The molecule has 0 bridgehead atoms. The van der Waals surface area contributed by atoms with Crippen LogP contribution in [0.25, 0.3) is 5.69 Å². The van der Waals surface area contributed by atoms with E-state index in [1.54, 1.807) is 24.3 Å². The zero-order valence-corrected chi connectivity index (χ0v) is 15.4. The molecule has 1 aromatic heterocycles. The van der Waals surface area contributed by atoms with Gasteiger partial charge >= 0.3 is 35.5 Å². The number of ether oxygens (including phenoxy) is 1. The number of carboxylic acids is 1. The second kappa shape index (κ2) is 7.74. The molecule has 0 N–H and O–H groups in total. The summed E-state index contributed by atoms with van der Waals surface area (Å²) in [5, 5.41) is 15.3. The molecule has 0 radical (unpaired) electrons. The van der Waals surface area contributed by atoms with Crippen molar-refractivity contribution in [3.05, 3.63) is 56.5 Å². The average molecular weight is 345 g/mol. The van der Waals surface area contributed by atoms with Gasteiger partial charge in [0.25, 0.3) is 0 Å². The van der Waals surface area contributed by atoms with Crippen molar-refractivity contribution in [2.75, 3.05) is 7.11 Å². The van der Waals surface area contributed by atoms with E-state index < -0.39 is 28.6 Å². The summed E-state index contributed by atoms with van der Waals surface area (Å²) in [6, 6.07) is 6.25. The normalized spacial score (nSPS) is 9.87. The molecule has 9 heteroatoms. The van der Waals surface area contributed by atoms with Gasteiger partial charge in [-0.05, 0) is 31.2 Å². The summed E-state index contributed by atoms with van der Waals surface area (Å²) >= 11 is 5.79. The Hall–Kier alpha value is -1.67. The first-order valence-electron chi connectivity index (χ1n) is 6.06. The Morgan fingerprint density at radius 1 is 1.26 bits per heavy atom. The molecular formula is C14H10ClN2NaO5. The van der Waals surface area contributed by atoms with Gasteiger partial charge in [-0.25, -0.2) is 9.48 Å². The summed E-state index contributed by atoms with van der Waals surface area (Å²) < 4.78 is 5.68. The van der Waals surface area contributed by atoms with Crippen LogP contribution in [0.3, 0.4) is 0 Å². The largest absolute Gasteiger partial charge is 1.00 e. The van der Waals surface area contributed by atoms with Crippen molar-refractivity contribution < 1.29 is 49.0 Å². The van der Waals surface area contributed by atoms with Gasteiger partial charge in [-0.1, -0.05) is 11.6 Å². The average Bonchev–Trinajstić information content (AvgIpc) is 2.48. The van der Waals surface area contributed by atoms with Crippen LogP contribution in [-0.2, 0) is 4.74 Å². The summed E-state index contributed by atoms with van der Waals surface area (Å²) in [4.78, 5) is 34.9. The minimum absolute atomic E-state index is 0. The van der Waals surface area contributed by atoms with Crippen molar-refractivity contribution in [1.82, 2.24) is 9.78 Å². The Morgan fingerprint density at radius 3 is 2.30 bits per heavy atom. The van der Waals surface area contributed by atoms with E-state index in [1.165, 1.54) is 6.92 Å². The number of esters is 1. The molecule has 0 amide bonds. The van der Waals surface area contributed by atoms with Gasteiger partial charge in [-0.3, -0.25) is 4.79 Å². The maximum atomic E-state index is 12.1. The molecule has 0 unspecified atom stereocenters. The second-order valence-corrected chi connectivity index (χ2v) is 4.74. The molecule has 114 valence electrons. The van der Waals surface area contributed by atoms with Crippen molar-refractivity contribution in [3.8, 4) is 5.69 Å². The number of hydrogen-bond acceptors (Lipinski definition) is 6. The van der Waals surface area contributed by atoms with Crippen LogP contribution < -0.4 is 40.1 Å². The van der Waals surface area contributed by atoms with E-state index in [1.807, 2.05) is 0 Å². The number of benzene rings is 1. The van der Waals surface area contributed by atoms with Crippen LogP contribution in [0.2, 0.25) is 5.02 Å². The van der Waals surface area contributed by atoms with Gasteiger partial charge in [0.2, 0.25) is 5.43 Å². The number of halogens is 1. The standard InChI is InChI=1S/C14H11ClN2O5.Na/c1-7-10(14(21)22-2)12(18)11(13(19)20)16-17(7)9-5-3-8(15)4-6-9;/h3-6H,1-2H3,(H,19,20);/q;+1/p-1. The van der Waals surface area contributed by atoms with Gasteiger partial charge in [-0.2, -0.15) is 5.10 Å². The number of hydrogen-bond donors (Lipinski definition) is 0. The van der Waals surface area contributed by atoms with Crippen molar-refractivity contribution in [3.63, 3.8) is 0 Å². The van der Waals surface area contributed by atoms with Crippen LogP contribution in [0.1, 0.15) is 26.5 Å². The fourth-order valence-corrected chi connectivity index (χ4v) is 2.04. The first kappa shape index (κ1) is 19.4. The molecule has 0 aliphatic heterocycles. The van der Waals surface area contributed by atoms with Gasteiger partial charge in [0.1, 0.15) is 5.56 Å². The van der Waals surface area contributed by atoms with Crippen LogP contribution in [0, 0.1) is 6.92 Å². The molecule has 0 aliphatic carbocycles. The van der Waals surface area contributed by atoms with Gasteiger partial charge in [0, 0.05) is 5.02 Å². The predicted molar refractivity (Wildman–Crippen MR) is 75.3 cm³/mol. The van der Waals surface area contributed by atoms with Crippen LogP contribution in [-0.4, -0.2) is 28.8 Å². The Labute approximate surface area is 158 Å². The summed E-state index contributed by atoms with van der Waals surface area (Å²) in [5.74, 6) is -2.73. The fraction of sp³-hybridized carbons (Fsp3) is 0.143. The molecule has 0 spiro atoms. The van der Waals surface area contributed by atoms with Crippen molar-refractivity contribution in [2.24, 2.45) is 0 Å². The second-order valence-electron chi connectivity index (χ2n) is 4.31. The number of aromatic nitrogens is 2. The topological polar surface area (TPSA) is 101 Å². The third-order valence-electron chi connectivity index (χ3n) is 2.98. The van der Waals surface area contributed by atoms with Gasteiger partial charge in [-0.15, -0.1) is 0 Å². The summed E-state index contributed by atoms with van der Waals surface area (Å²) in [6.45, 7) is 1.45. The summed E-state index contributed by atoms with van der Waals surface area (Å²) in [5.41, 5.74) is -1.76. The smallest absolute Gasteiger partial charge is 0.543 e. The molecule has 7 nitrogen and oxygen atoms in total. The fourth-order valence-electron chi connectivity index (χ4n) is 1.92. The van der Waals surface area contributed by atoms with E-state index >= 15 is 0 Å². The van der Waals surface area contributed by atoms with Gasteiger partial charge in [0.15, 0.2) is 5.69 Å². The zero-order valence-electron chi connectivity index (χ0n) is 12.6. The third kappa shape index (κ3) is 3.81. The van der Waals surface area contributed by atoms with E-state index in [0.717, 1.165) is 11.8 Å². The van der Waals surface area contributed by atoms with Crippen LogP contribution in [0.4, 0.5) is 0 Å². The number of aromatic carboxylic acids is 1. The first-order valence-corrected chi connectivity index (χ1v) is 6.44. The molecule has 0 atom stereocenters. The Morgan fingerprint density at radius 2 is 1.83 bits per heavy atom. The molecule has 0 fully saturated rings. The van der Waals surface area contributed by atoms with Gasteiger partial charge < -0.3 is 14.6 Å². The molecule has 1 aromatic carbocycles. The molecule has 23 heavy (non-hydrogen) atoms.